The van der Waals surface area contributed by atoms with E-state index >= 15 is 0 Å². The highest BCUT2D eigenvalue weighted by Crippen LogP contribution is 2.19. The van der Waals surface area contributed by atoms with Crippen LogP contribution in [0.2, 0.25) is 0 Å². The lowest BCUT2D eigenvalue weighted by Crippen LogP contribution is -2.60. The minimum atomic E-state index is -0.861. The topological polar surface area (TPSA) is 97.0 Å². The van der Waals surface area contributed by atoms with Crippen molar-refractivity contribution in [1.29, 1.82) is 0 Å². The first-order valence-corrected chi connectivity index (χ1v) is 12.6. The van der Waals surface area contributed by atoms with E-state index in [0.717, 1.165) is 6.42 Å². The van der Waals surface area contributed by atoms with Crippen LogP contribution in [0.5, 0.6) is 5.75 Å². The monoisotopic (exact) mass is 511 g/mol. The van der Waals surface area contributed by atoms with Gasteiger partial charge in [0.1, 0.15) is 11.8 Å². The van der Waals surface area contributed by atoms with Gasteiger partial charge in [-0.3, -0.25) is 19.7 Å². The average molecular weight is 512 g/mol. The van der Waals surface area contributed by atoms with Crippen LogP contribution in [0.3, 0.4) is 0 Å². The van der Waals surface area contributed by atoms with Gasteiger partial charge < -0.3 is 19.7 Å². The number of esters is 1. The van der Waals surface area contributed by atoms with Crippen molar-refractivity contribution in [3.63, 3.8) is 0 Å². The van der Waals surface area contributed by atoms with Crippen LogP contribution in [-0.2, 0) is 20.7 Å². The molecule has 3 rings (SSSR count). The van der Waals surface area contributed by atoms with E-state index in [0.29, 0.717) is 43.3 Å². The molecule has 1 aliphatic heterocycles. The lowest BCUT2D eigenvalue weighted by atomic mass is 10.1. The maximum Gasteiger partial charge on any atom is 0.308 e. The number of aryl methyl sites for hydroxylation is 1. The molecule has 8 nitrogen and oxygen atoms in total. The number of hydrogen-bond donors (Lipinski definition) is 2. The Kier molecular flexibility index (Phi) is 10.2. The molecule has 9 heteroatoms. The Morgan fingerprint density at radius 3 is 2.61 bits per heavy atom. The second-order valence-electron chi connectivity index (χ2n) is 8.97. The number of para-hydroxylation sites is 1. The number of piperazine rings is 1. The summed E-state index contributed by atoms with van der Waals surface area (Å²) in [4.78, 5) is 39.6. The number of thiocarbonyl (C=S) groups is 1. The summed E-state index contributed by atoms with van der Waals surface area (Å²) in [5, 5.41) is 5.53. The summed E-state index contributed by atoms with van der Waals surface area (Å²) >= 11 is 5.46. The Hall–Kier alpha value is -3.46. The van der Waals surface area contributed by atoms with E-state index in [1.165, 1.54) is 5.56 Å². The van der Waals surface area contributed by atoms with Crippen LogP contribution in [0.4, 0.5) is 0 Å². The number of carbonyl (C=O) groups excluding carboxylic acids is 3. The zero-order valence-corrected chi connectivity index (χ0v) is 21.5. The molecule has 1 unspecified atom stereocenters. The predicted octanol–water partition coefficient (Wildman–Crippen LogP) is 3.10. The number of nitrogens with zero attached hydrogens (tertiary/aromatic N) is 1. The number of ether oxygens (including phenoxy) is 2. The third kappa shape index (κ3) is 8.05. The molecule has 2 aromatic carbocycles. The Morgan fingerprint density at radius 2 is 1.86 bits per heavy atom. The second-order valence-corrected chi connectivity index (χ2v) is 9.36. The van der Waals surface area contributed by atoms with E-state index < -0.39 is 17.9 Å². The van der Waals surface area contributed by atoms with E-state index in [4.69, 9.17) is 21.7 Å². The van der Waals surface area contributed by atoms with E-state index in [1.54, 1.807) is 29.2 Å². The zero-order valence-electron chi connectivity index (χ0n) is 20.7. The highest BCUT2D eigenvalue weighted by atomic mass is 32.1. The van der Waals surface area contributed by atoms with Gasteiger partial charge in [0.15, 0.2) is 5.11 Å². The van der Waals surface area contributed by atoms with E-state index in [9.17, 15) is 14.4 Å². The third-order valence-corrected chi connectivity index (χ3v) is 5.93. The second kappa shape index (κ2) is 13.6. The quantitative estimate of drug-likeness (QED) is 0.287. The lowest BCUT2D eigenvalue weighted by molar-refractivity contribution is -0.147. The number of benzene rings is 2. The molecule has 1 heterocycles. The summed E-state index contributed by atoms with van der Waals surface area (Å²) in [6.07, 6.45) is 1.31. The summed E-state index contributed by atoms with van der Waals surface area (Å²) in [7, 11) is 0. The van der Waals surface area contributed by atoms with E-state index in [1.807, 2.05) is 44.2 Å². The van der Waals surface area contributed by atoms with Gasteiger partial charge in [-0.25, -0.2) is 0 Å². The van der Waals surface area contributed by atoms with Crippen LogP contribution in [-0.4, -0.2) is 60.1 Å². The van der Waals surface area contributed by atoms with Crippen LogP contribution >= 0.6 is 12.2 Å². The number of rotatable bonds is 10. The van der Waals surface area contributed by atoms with Gasteiger partial charge in [0.2, 0.25) is 5.91 Å². The lowest BCUT2D eigenvalue weighted by Gasteiger charge is -2.36. The predicted molar refractivity (Wildman–Crippen MR) is 141 cm³/mol. The molecule has 36 heavy (non-hydrogen) atoms. The molecule has 0 aromatic heterocycles. The van der Waals surface area contributed by atoms with Gasteiger partial charge in [-0.2, -0.15) is 0 Å². The number of hydrogen-bond acceptors (Lipinski definition) is 6. The van der Waals surface area contributed by atoms with Crippen LogP contribution < -0.4 is 15.4 Å². The molecule has 0 radical (unpaired) electrons. The Bertz CT molecular complexity index is 1060. The van der Waals surface area contributed by atoms with Gasteiger partial charge in [-0.1, -0.05) is 56.3 Å². The SMILES string of the molecule is CC(C)COc1ccccc1C(=O)NC(=S)N1CCNC(=O)C1CC(=O)OCCCc1ccccc1. The number of nitrogens with one attached hydrogen (secondary N) is 2. The van der Waals surface area contributed by atoms with Crippen LogP contribution in [0.25, 0.3) is 0 Å². The van der Waals surface area contributed by atoms with Crippen molar-refractivity contribution in [1.82, 2.24) is 15.5 Å². The van der Waals surface area contributed by atoms with Crippen LogP contribution in [0.15, 0.2) is 54.6 Å². The fourth-order valence-electron chi connectivity index (χ4n) is 3.76. The molecule has 2 aromatic rings. The van der Waals surface area contributed by atoms with Crippen LogP contribution in [0, 0.1) is 5.92 Å². The molecule has 2 N–H and O–H groups in total. The summed E-state index contributed by atoms with van der Waals surface area (Å²) < 4.78 is 11.1. The Balaban J connectivity index is 1.55. The highest BCUT2D eigenvalue weighted by molar-refractivity contribution is 7.80. The summed E-state index contributed by atoms with van der Waals surface area (Å²) in [6, 6.07) is 16.0. The first kappa shape index (κ1) is 27.1. The summed E-state index contributed by atoms with van der Waals surface area (Å²) in [6.45, 7) is 5.49. The largest absolute Gasteiger partial charge is 0.492 e. The molecule has 0 bridgehead atoms. The minimum absolute atomic E-state index is 0.0791. The Labute approximate surface area is 217 Å². The van der Waals surface area contributed by atoms with Crippen molar-refractivity contribution in [3.8, 4) is 5.75 Å². The molecule has 0 saturated carbocycles. The number of amides is 2. The van der Waals surface area contributed by atoms with Gasteiger partial charge in [0, 0.05) is 13.1 Å². The summed E-state index contributed by atoms with van der Waals surface area (Å²) in [5.41, 5.74) is 1.51. The van der Waals surface area contributed by atoms with Crippen molar-refractivity contribution in [2.75, 3.05) is 26.3 Å². The van der Waals surface area contributed by atoms with Crippen molar-refractivity contribution in [2.24, 2.45) is 5.92 Å². The van der Waals surface area contributed by atoms with Crippen molar-refractivity contribution < 1.29 is 23.9 Å². The molecule has 192 valence electrons. The fraction of sp³-hybridized carbons (Fsp3) is 0.407. The molecular weight excluding hydrogens is 478 g/mol. The highest BCUT2D eigenvalue weighted by Gasteiger charge is 2.34. The molecular formula is C27H33N3O5S. The normalized spacial score (nSPS) is 15.2. The maximum atomic E-state index is 13.0. The zero-order chi connectivity index (χ0) is 25.9. The first-order chi connectivity index (χ1) is 17.3. The molecule has 0 spiro atoms. The smallest absolute Gasteiger partial charge is 0.308 e. The van der Waals surface area contributed by atoms with Gasteiger partial charge in [0.05, 0.1) is 25.2 Å². The molecule has 1 atom stereocenters. The van der Waals surface area contributed by atoms with Crippen molar-refractivity contribution in [3.05, 3.63) is 65.7 Å². The summed E-state index contributed by atoms with van der Waals surface area (Å²) in [5.74, 6) is -0.504. The van der Waals surface area contributed by atoms with Gasteiger partial charge in [-0.05, 0) is 48.7 Å². The van der Waals surface area contributed by atoms with E-state index in [2.05, 4.69) is 10.6 Å². The van der Waals surface area contributed by atoms with Crippen molar-refractivity contribution in [2.45, 2.75) is 39.2 Å². The molecule has 1 saturated heterocycles. The molecule has 1 aliphatic rings. The molecule has 2 amide bonds. The van der Waals surface area contributed by atoms with Crippen molar-refractivity contribution >= 4 is 35.1 Å². The van der Waals surface area contributed by atoms with Gasteiger partial charge >= 0.3 is 5.97 Å². The molecule has 0 aliphatic carbocycles. The van der Waals surface area contributed by atoms with E-state index in [-0.39, 0.29) is 24.0 Å². The van der Waals surface area contributed by atoms with Gasteiger partial charge in [-0.15, -0.1) is 0 Å². The first-order valence-electron chi connectivity index (χ1n) is 12.2. The standard InChI is InChI=1S/C27H33N3O5S/c1-19(2)18-35-23-13-7-6-12-21(23)25(32)29-27(36)30-15-14-28-26(33)22(30)17-24(31)34-16-8-11-20-9-4-3-5-10-20/h3-7,9-10,12-13,19,22H,8,11,14-18H2,1-2H3,(H,28,33)(H,29,32,36). The van der Waals surface area contributed by atoms with Crippen LogP contribution in [0.1, 0.15) is 42.6 Å². The minimum Gasteiger partial charge on any atom is -0.492 e. The fourth-order valence-corrected chi connectivity index (χ4v) is 4.07. The Morgan fingerprint density at radius 1 is 1.14 bits per heavy atom. The molecule has 1 fully saturated rings. The van der Waals surface area contributed by atoms with Gasteiger partial charge in [0.25, 0.3) is 5.91 Å². The number of carbonyl (C=O) groups is 3. The third-order valence-electron chi connectivity index (χ3n) is 5.59. The maximum absolute atomic E-state index is 13.0. The average Bonchev–Trinajstić information content (AvgIpc) is 2.87.